The second-order valence-corrected chi connectivity index (χ2v) is 9.82. The van der Waals surface area contributed by atoms with Gasteiger partial charge in [-0.25, -0.2) is 0 Å². The molecule has 39 heavy (non-hydrogen) atoms. The number of anilines is 2. The third kappa shape index (κ3) is 3.52. The summed E-state index contributed by atoms with van der Waals surface area (Å²) in [5.74, 6) is 0. The van der Waals surface area contributed by atoms with Gasteiger partial charge in [0.2, 0.25) is 0 Å². The molecule has 0 atom stereocenters. The molecule has 0 unspecified atom stereocenters. The summed E-state index contributed by atoms with van der Waals surface area (Å²) in [7, 11) is 0. The van der Waals surface area contributed by atoms with Crippen LogP contribution in [0.3, 0.4) is 0 Å². The predicted octanol–water partition coefficient (Wildman–Crippen LogP) is 10.6. The highest BCUT2D eigenvalue weighted by Gasteiger charge is 2.16. The monoisotopic (exact) mass is 501 g/mol. The van der Waals surface area contributed by atoms with Crippen LogP contribution >= 0.6 is 0 Å². The lowest BCUT2D eigenvalue weighted by molar-refractivity contribution is 0.669. The van der Waals surface area contributed by atoms with Crippen molar-refractivity contribution < 1.29 is 8.83 Å². The van der Waals surface area contributed by atoms with Gasteiger partial charge in [-0.2, -0.15) is 0 Å². The van der Waals surface area contributed by atoms with Crippen LogP contribution in [-0.2, 0) is 0 Å². The average Bonchev–Trinajstić information content (AvgIpc) is 3.57. The van der Waals surface area contributed by atoms with Gasteiger partial charge in [0.05, 0.1) is 5.69 Å². The number of hydrogen-bond acceptors (Lipinski definition) is 3. The van der Waals surface area contributed by atoms with E-state index in [9.17, 15) is 0 Å². The highest BCUT2D eigenvalue weighted by molar-refractivity contribution is 6.14. The smallest absolute Gasteiger partial charge is 0.158 e. The fraction of sp³-hybridized carbons (Fsp3) is 0. The number of nitrogens with one attached hydrogen (secondary N) is 1. The van der Waals surface area contributed by atoms with Crippen LogP contribution in [0.15, 0.2) is 142 Å². The van der Waals surface area contributed by atoms with E-state index < -0.39 is 0 Å². The quantitative estimate of drug-likeness (QED) is 0.261. The zero-order valence-electron chi connectivity index (χ0n) is 21.0. The minimum Gasteiger partial charge on any atom is -0.456 e. The summed E-state index contributed by atoms with van der Waals surface area (Å²) in [4.78, 5) is 0. The summed E-state index contributed by atoms with van der Waals surface area (Å²) in [5, 5.41) is 8.04. The zero-order valence-corrected chi connectivity index (χ0v) is 21.0. The first kappa shape index (κ1) is 21.8. The summed E-state index contributed by atoms with van der Waals surface area (Å²) in [6, 6.07) is 46.0. The molecule has 3 heteroatoms. The molecule has 2 aromatic heterocycles. The van der Waals surface area contributed by atoms with Gasteiger partial charge in [-0.15, -0.1) is 0 Å². The summed E-state index contributed by atoms with van der Waals surface area (Å²) in [6.45, 7) is 0. The molecule has 0 fully saturated rings. The van der Waals surface area contributed by atoms with Crippen molar-refractivity contribution in [2.45, 2.75) is 0 Å². The third-order valence-corrected chi connectivity index (χ3v) is 7.47. The first-order valence-corrected chi connectivity index (χ1v) is 13.1. The topological polar surface area (TPSA) is 38.3 Å². The van der Waals surface area contributed by atoms with Gasteiger partial charge in [-0.1, -0.05) is 103 Å². The Labute approximate surface area is 224 Å². The number of hydrogen-bond donors (Lipinski definition) is 1. The molecule has 3 nitrogen and oxygen atoms in total. The Morgan fingerprint density at radius 3 is 1.90 bits per heavy atom. The number of benzene rings is 6. The molecule has 0 aliphatic rings. The Morgan fingerprint density at radius 2 is 1.10 bits per heavy atom. The first-order chi connectivity index (χ1) is 19.3. The summed E-state index contributed by atoms with van der Waals surface area (Å²) in [6.07, 6.45) is 0. The molecule has 1 N–H and O–H groups in total. The maximum absolute atomic E-state index is 6.58. The van der Waals surface area contributed by atoms with Gasteiger partial charge in [-0.3, -0.25) is 0 Å². The average molecular weight is 502 g/mol. The van der Waals surface area contributed by atoms with E-state index in [1.165, 1.54) is 5.56 Å². The van der Waals surface area contributed by atoms with Crippen molar-refractivity contribution in [1.29, 1.82) is 0 Å². The van der Waals surface area contributed by atoms with E-state index in [0.29, 0.717) is 0 Å². The molecule has 184 valence electrons. The maximum Gasteiger partial charge on any atom is 0.158 e. The Hall–Kier alpha value is -5.28. The molecule has 6 aromatic carbocycles. The van der Waals surface area contributed by atoms with Gasteiger partial charge < -0.3 is 14.2 Å². The van der Waals surface area contributed by atoms with E-state index in [1.54, 1.807) is 0 Å². The highest BCUT2D eigenvalue weighted by atomic mass is 16.3. The molecule has 0 aliphatic carbocycles. The van der Waals surface area contributed by atoms with Crippen LogP contribution in [0.1, 0.15) is 0 Å². The SMILES string of the molecule is c1ccc(-c2cccc3c2oc2c(Nc4ccc5oc6cccc(-c7ccccc7)c6c5c4)cccc23)cc1. The number of furan rings is 2. The molecule has 8 aromatic rings. The Kier molecular flexibility index (Phi) is 4.82. The minimum atomic E-state index is 0.845. The normalized spacial score (nSPS) is 11.6. The fourth-order valence-electron chi connectivity index (χ4n) is 5.68. The van der Waals surface area contributed by atoms with Crippen molar-refractivity contribution in [1.82, 2.24) is 0 Å². The number of rotatable bonds is 4. The van der Waals surface area contributed by atoms with Gasteiger partial charge in [0.1, 0.15) is 16.7 Å². The number of fused-ring (bicyclic) bond motifs is 6. The van der Waals surface area contributed by atoms with Gasteiger partial charge in [0, 0.05) is 32.8 Å². The van der Waals surface area contributed by atoms with Crippen LogP contribution < -0.4 is 5.32 Å². The standard InChI is InChI=1S/C36H23NO2/c1-3-10-23(11-4-1)26-14-9-19-33-34(26)30-22-25(20-21-32(30)38-33)37-31-18-8-17-29-28-16-7-15-27(35(28)39-36(29)31)24-12-5-2-6-13-24/h1-22,37H. The lowest BCUT2D eigenvalue weighted by Gasteiger charge is -2.08. The second-order valence-electron chi connectivity index (χ2n) is 9.82. The van der Waals surface area contributed by atoms with E-state index in [0.717, 1.165) is 71.9 Å². The molecule has 8 rings (SSSR count). The van der Waals surface area contributed by atoms with Gasteiger partial charge in [0.25, 0.3) is 0 Å². The van der Waals surface area contributed by atoms with Gasteiger partial charge in [0.15, 0.2) is 5.58 Å². The molecule has 0 bridgehead atoms. The van der Waals surface area contributed by atoms with Crippen LogP contribution in [-0.4, -0.2) is 0 Å². The molecule has 0 amide bonds. The molecule has 0 aliphatic heterocycles. The van der Waals surface area contributed by atoms with E-state index >= 15 is 0 Å². The molecule has 0 radical (unpaired) electrons. The molecule has 0 saturated heterocycles. The van der Waals surface area contributed by atoms with Crippen molar-refractivity contribution in [3.63, 3.8) is 0 Å². The van der Waals surface area contributed by atoms with Crippen molar-refractivity contribution in [2.75, 3.05) is 5.32 Å². The highest BCUT2D eigenvalue weighted by Crippen LogP contribution is 2.41. The van der Waals surface area contributed by atoms with Gasteiger partial charge >= 0.3 is 0 Å². The van der Waals surface area contributed by atoms with E-state index in [-0.39, 0.29) is 0 Å². The van der Waals surface area contributed by atoms with Crippen LogP contribution in [0.5, 0.6) is 0 Å². The van der Waals surface area contributed by atoms with Crippen LogP contribution in [0.4, 0.5) is 11.4 Å². The third-order valence-electron chi connectivity index (χ3n) is 7.47. The molecule has 2 heterocycles. The van der Waals surface area contributed by atoms with Crippen molar-refractivity contribution in [3.05, 3.63) is 133 Å². The lowest BCUT2D eigenvalue weighted by atomic mass is 9.99. The summed E-state index contributed by atoms with van der Waals surface area (Å²) < 4.78 is 12.8. The molecular weight excluding hydrogens is 478 g/mol. The second kappa shape index (κ2) is 8.64. The Morgan fingerprint density at radius 1 is 0.436 bits per heavy atom. The van der Waals surface area contributed by atoms with E-state index in [4.69, 9.17) is 8.83 Å². The van der Waals surface area contributed by atoms with Crippen molar-refractivity contribution in [3.8, 4) is 22.3 Å². The maximum atomic E-state index is 6.58. The van der Waals surface area contributed by atoms with E-state index in [1.807, 2.05) is 24.3 Å². The summed E-state index contributed by atoms with van der Waals surface area (Å²) >= 11 is 0. The molecular formula is C36H23NO2. The lowest BCUT2D eigenvalue weighted by Crippen LogP contribution is -1.90. The van der Waals surface area contributed by atoms with Gasteiger partial charge in [-0.05, 0) is 47.0 Å². The minimum absolute atomic E-state index is 0.845. The Balaban J connectivity index is 1.27. The summed E-state index contributed by atoms with van der Waals surface area (Å²) in [5.41, 5.74) is 9.97. The number of para-hydroxylation sites is 2. The molecule has 0 saturated carbocycles. The first-order valence-electron chi connectivity index (χ1n) is 13.1. The fourth-order valence-corrected chi connectivity index (χ4v) is 5.68. The largest absolute Gasteiger partial charge is 0.456 e. The van der Waals surface area contributed by atoms with Crippen LogP contribution in [0.2, 0.25) is 0 Å². The predicted molar refractivity (Wildman–Crippen MR) is 162 cm³/mol. The zero-order chi connectivity index (χ0) is 25.8. The van der Waals surface area contributed by atoms with E-state index in [2.05, 4.69) is 115 Å². The van der Waals surface area contributed by atoms with Crippen molar-refractivity contribution >= 4 is 55.3 Å². The van der Waals surface area contributed by atoms with Crippen molar-refractivity contribution in [2.24, 2.45) is 0 Å². The molecule has 0 spiro atoms. The van der Waals surface area contributed by atoms with Crippen LogP contribution in [0.25, 0.3) is 66.1 Å². The Bertz CT molecular complexity index is 2140. The van der Waals surface area contributed by atoms with Crippen LogP contribution in [0, 0.1) is 0 Å².